The zero-order chi connectivity index (χ0) is 22.4. The maximum Gasteiger partial charge on any atom is 0.191 e. The standard InChI is InChI=1S/C25H34N6O/c1-3-24-30-29-20-31(24)17-16-28-25(26-2)27-15-14-22-11-7-13-23(19-22)32-18-8-12-21-9-5-4-6-10-21/h4-7,9-11,13,19-20H,3,8,12,14-18H2,1-2H3,(H2,26,27,28). The van der Waals surface area contributed by atoms with E-state index in [1.54, 1.807) is 13.4 Å². The van der Waals surface area contributed by atoms with Gasteiger partial charge in [0.2, 0.25) is 0 Å². The molecule has 7 heteroatoms. The van der Waals surface area contributed by atoms with Crippen molar-refractivity contribution in [3.63, 3.8) is 0 Å². The molecule has 0 spiro atoms. The first-order valence-corrected chi connectivity index (χ1v) is 11.4. The van der Waals surface area contributed by atoms with Gasteiger partial charge in [-0.15, -0.1) is 10.2 Å². The lowest BCUT2D eigenvalue weighted by atomic mass is 10.1. The fourth-order valence-electron chi connectivity index (χ4n) is 3.48. The highest BCUT2D eigenvalue weighted by atomic mass is 16.5. The van der Waals surface area contributed by atoms with Gasteiger partial charge in [0, 0.05) is 33.1 Å². The lowest BCUT2D eigenvalue weighted by Crippen LogP contribution is -2.39. The predicted octanol–water partition coefficient (Wildman–Crippen LogP) is 3.26. The molecule has 0 unspecified atom stereocenters. The third-order valence-electron chi connectivity index (χ3n) is 5.21. The summed E-state index contributed by atoms with van der Waals surface area (Å²) in [6.45, 7) is 5.17. The second kappa shape index (κ2) is 13.1. The minimum absolute atomic E-state index is 0.722. The maximum absolute atomic E-state index is 5.96. The fraction of sp³-hybridized carbons (Fsp3) is 0.400. The van der Waals surface area contributed by atoms with E-state index >= 15 is 0 Å². The van der Waals surface area contributed by atoms with Gasteiger partial charge >= 0.3 is 0 Å². The van der Waals surface area contributed by atoms with Gasteiger partial charge in [0.15, 0.2) is 5.96 Å². The van der Waals surface area contributed by atoms with Crippen LogP contribution >= 0.6 is 0 Å². The first-order chi connectivity index (χ1) is 15.8. The van der Waals surface area contributed by atoms with Gasteiger partial charge in [-0.2, -0.15) is 0 Å². The molecule has 7 nitrogen and oxygen atoms in total. The summed E-state index contributed by atoms with van der Waals surface area (Å²) < 4.78 is 8.02. The van der Waals surface area contributed by atoms with Crippen molar-refractivity contribution < 1.29 is 4.74 Å². The average Bonchev–Trinajstić information content (AvgIpc) is 3.29. The molecule has 0 saturated heterocycles. The molecule has 0 aliphatic rings. The van der Waals surface area contributed by atoms with Gasteiger partial charge in [-0.05, 0) is 42.5 Å². The zero-order valence-corrected chi connectivity index (χ0v) is 19.1. The van der Waals surface area contributed by atoms with Gasteiger partial charge in [0.25, 0.3) is 0 Å². The summed E-state index contributed by atoms with van der Waals surface area (Å²) in [4.78, 5) is 4.30. The van der Waals surface area contributed by atoms with Crippen LogP contribution in [0.15, 0.2) is 65.9 Å². The molecule has 0 atom stereocenters. The van der Waals surface area contributed by atoms with E-state index in [0.717, 1.165) is 69.5 Å². The number of hydrogen-bond acceptors (Lipinski definition) is 4. The van der Waals surface area contributed by atoms with Crippen molar-refractivity contribution in [3.05, 3.63) is 77.9 Å². The van der Waals surface area contributed by atoms with Crippen LogP contribution in [-0.2, 0) is 25.8 Å². The number of aliphatic imine (C=N–C) groups is 1. The van der Waals surface area contributed by atoms with Crippen LogP contribution in [0.5, 0.6) is 5.75 Å². The molecule has 0 radical (unpaired) electrons. The number of benzene rings is 2. The molecule has 0 amide bonds. The Morgan fingerprint density at radius 3 is 2.62 bits per heavy atom. The van der Waals surface area contributed by atoms with Crippen LogP contribution in [0.4, 0.5) is 0 Å². The molecule has 2 N–H and O–H groups in total. The lowest BCUT2D eigenvalue weighted by molar-refractivity contribution is 0.310. The van der Waals surface area contributed by atoms with Crippen molar-refractivity contribution in [2.24, 2.45) is 4.99 Å². The first kappa shape index (κ1) is 23.3. The Balaban J connectivity index is 1.34. The van der Waals surface area contributed by atoms with E-state index in [9.17, 15) is 0 Å². The molecule has 1 heterocycles. The molecule has 0 aliphatic heterocycles. The summed E-state index contributed by atoms with van der Waals surface area (Å²) >= 11 is 0. The highest BCUT2D eigenvalue weighted by molar-refractivity contribution is 5.79. The smallest absolute Gasteiger partial charge is 0.191 e. The Morgan fingerprint density at radius 1 is 1.00 bits per heavy atom. The van der Waals surface area contributed by atoms with Gasteiger partial charge in [0.05, 0.1) is 6.61 Å². The third kappa shape index (κ3) is 7.72. The Bertz CT molecular complexity index is 954. The van der Waals surface area contributed by atoms with Crippen molar-refractivity contribution in [1.29, 1.82) is 0 Å². The van der Waals surface area contributed by atoms with E-state index < -0.39 is 0 Å². The molecular weight excluding hydrogens is 400 g/mol. The molecule has 1 aromatic heterocycles. The van der Waals surface area contributed by atoms with E-state index in [1.807, 2.05) is 12.1 Å². The van der Waals surface area contributed by atoms with Gasteiger partial charge < -0.3 is 19.9 Å². The molecule has 3 rings (SSSR count). The van der Waals surface area contributed by atoms with Crippen LogP contribution in [0.25, 0.3) is 0 Å². The fourth-order valence-corrected chi connectivity index (χ4v) is 3.48. The first-order valence-electron chi connectivity index (χ1n) is 11.4. The van der Waals surface area contributed by atoms with Crippen LogP contribution in [0.3, 0.4) is 0 Å². The van der Waals surface area contributed by atoms with E-state index in [2.05, 4.69) is 79.8 Å². The van der Waals surface area contributed by atoms with E-state index in [4.69, 9.17) is 4.74 Å². The zero-order valence-electron chi connectivity index (χ0n) is 19.1. The molecule has 0 bridgehead atoms. The molecule has 3 aromatic rings. The molecule has 0 aliphatic carbocycles. The van der Waals surface area contributed by atoms with Crippen molar-refractivity contribution in [1.82, 2.24) is 25.4 Å². The van der Waals surface area contributed by atoms with Crippen molar-refractivity contribution in [3.8, 4) is 5.75 Å². The quantitative estimate of drug-likeness (QED) is 0.260. The third-order valence-corrected chi connectivity index (χ3v) is 5.21. The number of nitrogens with one attached hydrogen (secondary N) is 2. The van der Waals surface area contributed by atoms with E-state index in [1.165, 1.54) is 11.1 Å². The Hall–Kier alpha value is -3.35. The van der Waals surface area contributed by atoms with Gasteiger partial charge in [-0.3, -0.25) is 4.99 Å². The van der Waals surface area contributed by atoms with Crippen LogP contribution in [0.2, 0.25) is 0 Å². The Morgan fingerprint density at radius 2 is 1.81 bits per heavy atom. The number of aromatic nitrogens is 3. The molecule has 32 heavy (non-hydrogen) atoms. The topological polar surface area (TPSA) is 76.4 Å². The summed E-state index contributed by atoms with van der Waals surface area (Å²) in [5.74, 6) is 2.72. The minimum atomic E-state index is 0.722. The molecule has 170 valence electrons. The monoisotopic (exact) mass is 434 g/mol. The molecule has 0 saturated carbocycles. The number of aryl methyl sites for hydroxylation is 2. The van der Waals surface area contributed by atoms with Crippen molar-refractivity contribution in [2.45, 2.75) is 39.2 Å². The number of hydrogen-bond donors (Lipinski definition) is 2. The van der Waals surface area contributed by atoms with Crippen LogP contribution in [-0.4, -0.2) is 47.5 Å². The Labute approximate surface area is 190 Å². The lowest BCUT2D eigenvalue weighted by Gasteiger charge is -2.13. The molecule has 2 aromatic carbocycles. The summed E-state index contributed by atoms with van der Waals surface area (Å²) in [7, 11) is 1.79. The predicted molar refractivity (Wildman–Crippen MR) is 129 cm³/mol. The average molecular weight is 435 g/mol. The second-order valence-electron chi connectivity index (χ2n) is 7.55. The number of ether oxygens (including phenoxy) is 1. The van der Waals surface area contributed by atoms with Crippen molar-refractivity contribution >= 4 is 5.96 Å². The van der Waals surface area contributed by atoms with Crippen LogP contribution in [0, 0.1) is 0 Å². The summed E-state index contributed by atoms with van der Waals surface area (Å²) in [6, 6.07) is 18.9. The van der Waals surface area contributed by atoms with Crippen LogP contribution < -0.4 is 15.4 Å². The normalized spacial score (nSPS) is 11.4. The highest BCUT2D eigenvalue weighted by Crippen LogP contribution is 2.14. The summed E-state index contributed by atoms with van der Waals surface area (Å²) in [5.41, 5.74) is 2.59. The molecular formula is C25H34N6O. The molecule has 0 fully saturated rings. The number of rotatable bonds is 12. The Kier molecular flexibility index (Phi) is 9.58. The minimum Gasteiger partial charge on any atom is -0.494 e. The van der Waals surface area contributed by atoms with Gasteiger partial charge in [-0.25, -0.2) is 0 Å². The highest BCUT2D eigenvalue weighted by Gasteiger charge is 2.03. The van der Waals surface area contributed by atoms with Crippen molar-refractivity contribution in [2.75, 3.05) is 26.7 Å². The SMILES string of the molecule is CCc1nncn1CCNC(=NC)NCCc1cccc(OCCCc2ccccc2)c1. The number of nitrogens with zero attached hydrogens (tertiary/aromatic N) is 4. The van der Waals surface area contributed by atoms with Crippen LogP contribution in [0.1, 0.15) is 30.3 Å². The number of guanidine groups is 1. The van der Waals surface area contributed by atoms with E-state index in [0.29, 0.717) is 0 Å². The summed E-state index contributed by atoms with van der Waals surface area (Å²) in [6.07, 6.45) is 5.59. The maximum atomic E-state index is 5.96. The largest absolute Gasteiger partial charge is 0.494 e. The summed E-state index contributed by atoms with van der Waals surface area (Å²) in [5, 5.41) is 14.8. The van der Waals surface area contributed by atoms with Gasteiger partial charge in [0.1, 0.15) is 17.9 Å². The van der Waals surface area contributed by atoms with Gasteiger partial charge in [-0.1, -0.05) is 49.4 Å². The second-order valence-corrected chi connectivity index (χ2v) is 7.55. The van der Waals surface area contributed by atoms with E-state index in [-0.39, 0.29) is 0 Å².